The molecule has 0 saturated carbocycles. The zero-order valence-electron chi connectivity index (χ0n) is 33.1. The van der Waals surface area contributed by atoms with Gasteiger partial charge in [-0.05, 0) is 73.8 Å². The minimum Gasteiger partial charge on any atom is -0.208 e. The van der Waals surface area contributed by atoms with Crippen molar-refractivity contribution < 1.29 is 0 Å². The van der Waals surface area contributed by atoms with Gasteiger partial charge in [0.25, 0.3) is 0 Å². The smallest absolute Gasteiger partial charge is 0.164 e. The van der Waals surface area contributed by atoms with Gasteiger partial charge in [0.05, 0.1) is 0 Å². The zero-order valence-corrected chi connectivity index (χ0v) is 33.9. The van der Waals surface area contributed by atoms with E-state index in [2.05, 4.69) is 200 Å². The SMILES string of the molecule is c1ccc(-c2ccc(-c3nc(-c4ccccc4)nc(-c4cc(-c5ccccc5)cc(-c5cccc6c5sc5c(-c7ccc(-c8ccccc8)cc7)cccc56)c4)n3)cc2)cc1. The van der Waals surface area contributed by atoms with Crippen LogP contribution in [0.5, 0.6) is 0 Å². The normalized spacial score (nSPS) is 11.3. The van der Waals surface area contributed by atoms with E-state index in [1.54, 1.807) is 0 Å². The van der Waals surface area contributed by atoms with Crippen molar-refractivity contribution in [3.05, 3.63) is 224 Å². The monoisotopic (exact) mass is 795 g/mol. The molecule has 0 spiro atoms. The lowest BCUT2D eigenvalue weighted by molar-refractivity contribution is 1.07. The van der Waals surface area contributed by atoms with Crippen LogP contribution in [0.25, 0.3) is 110 Å². The fourth-order valence-corrected chi connectivity index (χ4v) is 9.62. The van der Waals surface area contributed by atoms with Crippen molar-refractivity contribution in [2.24, 2.45) is 0 Å². The van der Waals surface area contributed by atoms with Crippen LogP contribution in [0.2, 0.25) is 0 Å². The highest BCUT2D eigenvalue weighted by Gasteiger charge is 2.18. The Labute approximate surface area is 359 Å². The minimum absolute atomic E-state index is 0.625. The molecule has 3 nitrogen and oxygen atoms in total. The highest BCUT2D eigenvalue weighted by Crippen LogP contribution is 2.45. The van der Waals surface area contributed by atoms with Gasteiger partial charge in [-0.15, -0.1) is 11.3 Å². The van der Waals surface area contributed by atoms with Crippen molar-refractivity contribution in [2.45, 2.75) is 0 Å². The number of hydrogen-bond acceptors (Lipinski definition) is 4. The highest BCUT2D eigenvalue weighted by atomic mass is 32.1. The Hall–Kier alpha value is -7.79. The Balaban J connectivity index is 1.06. The third kappa shape index (κ3) is 7.09. The van der Waals surface area contributed by atoms with Crippen LogP contribution in [0.1, 0.15) is 0 Å². The van der Waals surface area contributed by atoms with Crippen LogP contribution in [0.4, 0.5) is 0 Å². The van der Waals surface area contributed by atoms with Gasteiger partial charge in [-0.1, -0.05) is 206 Å². The molecule has 286 valence electrons. The van der Waals surface area contributed by atoms with E-state index in [0.29, 0.717) is 17.5 Å². The summed E-state index contributed by atoms with van der Waals surface area (Å²) in [5.74, 6) is 1.89. The van der Waals surface area contributed by atoms with Gasteiger partial charge in [0.1, 0.15) is 0 Å². The van der Waals surface area contributed by atoms with Crippen LogP contribution >= 0.6 is 11.3 Å². The number of rotatable bonds is 8. The molecular weight excluding hydrogens is 759 g/mol. The van der Waals surface area contributed by atoms with Crippen molar-refractivity contribution in [1.29, 1.82) is 0 Å². The molecule has 2 aromatic heterocycles. The largest absolute Gasteiger partial charge is 0.208 e. The van der Waals surface area contributed by atoms with Crippen molar-refractivity contribution in [3.63, 3.8) is 0 Å². The molecule has 0 aliphatic heterocycles. The average Bonchev–Trinajstić information content (AvgIpc) is 3.74. The standard InChI is InChI=1S/C57H37N3S/c1-5-15-38(16-6-1)41-27-31-43(32-28-41)49-23-13-25-51-52-26-14-24-50(54(52)61-53(49)51)47-35-46(40-19-9-3-10-20-40)36-48(37-47)57-59-55(44-21-11-4-12-22-44)58-56(60-57)45-33-29-42(30-34-45)39-17-7-2-8-18-39/h1-37H. The van der Waals surface area contributed by atoms with E-state index >= 15 is 0 Å². The molecule has 0 atom stereocenters. The summed E-state index contributed by atoms with van der Waals surface area (Å²) in [6, 6.07) is 79.4. The van der Waals surface area contributed by atoms with Crippen LogP contribution < -0.4 is 0 Å². The van der Waals surface area contributed by atoms with Crippen molar-refractivity contribution in [3.8, 4) is 89.8 Å². The molecule has 2 heterocycles. The van der Waals surface area contributed by atoms with Crippen LogP contribution in [-0.4, -0.2) is 15.0 Å². The van der Waals surface area contributed by atoms with E-state index < -0.39 is 0 Å². The number of fused-ring (bicyclic) bond motifs is 3. The van der Waals surface area contributed by atoms with Gasteiger partial charge in [0.2, 0.25) is 0 Å². The Bertz CT molecular complexity index is 3310. The van der Waals surface area contributed by atoms with Gasteiger partial charge in [-0.2, -0.15) is 0 Å². The van der Waals surface area contributed by atoms with E-state index in [1.165, 1.54) is 53.6 Å². The second kappa shape index (κ2) is 15.8. The van der Waals surface area contributed by atoms with E-state index in [9.17, 15) is 0 Å². The van der Waals surface area contributed by atoms with E-state index in [4.69, 9.17) is 15.0 Å². The first-order valence-corrected chi connectivity index (χ1v) is 21.3. The van der Waals surface area contributed by atoms with Crippen LogP contribution in [0.15, 0.2) is 224 Å². The minimum atomic E-state index is 0.625. The number of aromatic nitrogens is 3. The molecule has 0 unspecified atom stereocenters. The molecule has 0 aliphatic rings. The lowest BCUT2D eigenvalue weighted by Crippen LogP contribution is -2.00. The van der Waals surface area contributed by atoms with E-state index in [1.807, 2.05) is 35.6 Å². The summed E-state index contributed by atoms with van der Waals surface area (Å²) in [5.41, 5.74) is 14.5. The Morgan fingerprint density at radius 1 is 0.230 bits per heavy atom. The molecule has 4 heteroatoms. The lowest BCUT2D eigenvalue weighted by atomic mass is 9.94. The first-order chi connectivity index (χ1) is 30.2. The molecule has 0 N–H and O–H groups in total. The molecule has 9 aromatic carbocycles. The lowest BCUT2D eigenvalue weighted by Gasteiger charge is -2.13. The Morgan fingerprint density at radius 2 is 0.557 bits per heavy atom. The number of benzene rings is 9. The molecule has 0 fully saturated rings. The maximum Gasteiger partial charge on any atom is 0.164 e. The van der Waals surface area contributed by atoms with Gasteiger partial charge >= 0.3 is 0 Å². The molecule has 0 aliphatic carbocycles. The van der Waals surface area contributed by atoms with Gasteiger partial charge < -0.3 is 0 Å². The summed E-state index contributed by atoms with van der Waals surface area (Å²) in [4.78, 5) is 15.5. The third-order valence-electron chi connectivity index (χ3n) is 11.4. The van der Waals surface area contributed by atoms with Gasteiger partial charge in [-0.25, -0.2) is 15.0 Å². The van der Waals surface area contributed by atoms with Crippen molar-refractivity contribution in [1.82, 2.24) is 15.0 Å². The molecule has 11 aromatic rings. The quantitative estimate of drug-likeness (QED) is 0.154. The summed E-state index contributed by atoms with van der Waals surface area (Å²) >= 11 is 1.87. The van der Waals surface area contributed by atoms with Gasteiger partial charge in [-0.3, -0.25) is 0 Å². The number of hydrogen-bond donors (Lipinski definition) is 0. The van der Waals surface area contributed by atoms with Crippen molar-refractivity contribution >= 4 is 31.5 Å². The molecule has 61 heavy (non-hydrogen) atoms. The van der Waals surface area contributed by atoms with Crippen LogP contribution in [0, 0.1) is 0 Å². The third-order valence-corrected chi connectivity index (χ3v) is 12.6. The highest BCUT2D eigenvalue weighted by molar-refractivity contribution is 7.26. The maximum atomic E-state index is 5.22. The van der Waals surface area contributed by atoms with Crippen LogP contribution in [0.3, 0.4) is 0 Å². The predicted molar refractivity (Wildman–Crippen MR) is 256 cm³/mol. The fraction of sp³-hybridized carbons (Fsp3) is 0. The molecule has 0 amide bonds. The summed E-state index contributed by atoms with van der Waals surface area (Å²) in [7, 11) is 0. The van der Waals surface area contributed by atoms with Gasteiger partial charge in [0.15, 0.2) is 17.5 Å². The summed E-state index contributed by atoms with van der Waals surface area (Å²) in [6.07, 6.45) is 0. The van der Waals surface area contributed by atoms with E-state index in [-0.39, 0.29) is 0 Å². The van der Waals surface area contributed by atoms with Crippen LogP contribution in [-0.2, 0) is 0 Å². The van der Waals surface area contributed by atoms with Crippen molar-refractivity contribution in [2.75, 3.05) is 0 Å². The summed E-state index contributed by atoms with van der Waals surface area (Å²) in [5, 5.41) is 2.51. The van der Waals surface area contributed by atoms with E-state index in [0.717, 1.165) is 38.9 Å². The molecule has 11 rings (SSSR count). The topological polar surface area (TPSA) is 38.7 Å². The van der Waals surface area contributed by atoms with Gasteiger partial charge in [0, 0.05) is 36.9 Å². The molecule has 0 saturated heterocycles. The predicted octanol–water partition coefficient (Wildman–Crippen LogP) is 15.6. The molecule has 0 radical (unpaired) electrons. The Kier molecular flexibility index (Phi) is 9.38. The molecular formula is C57H37N3S. The zero-order chi connectivity index (χ0) is 40.5. The number of nitrogens with zero attached hydrogens (tertiary/aromatic N) is 3. The summed E-state index contributed by atoms with van der Waals surface area (Å²) < 4.78 is 2.53. The second-order valence-electron chi connectivity index (χ2n) is 15.2. The Morgan fingerprint density at radius 3 is 1.05 bits per heavy atom. The average molecular weight is 796 g/mol. The fourth-order valence-electron chi connectivity index (χ4n) is 8.25. The first kappa shape index (κ1) is 36.3. The summed E-state index contributed by atoms with van der Waals surface area (Å²) in [6.45, 7) is 0. The first-order valence-electron chi connectivity index (χ1n) is 20.5. The maximum absolute atomic E-state index is 5.22. The number of thiophene rings is 1. The molecule has 0 bridgehead atoms. The second-order valence-corrected chi connectivity index (χ2v) is 16.2.